The van der Waals surface area contributed by atoms with Gasteiger partial charge in [-0.3, -0.25) is 0 Å². The van der Waals surface area contributed by atoms with E-state index in [2.05, 4.69) is 15.6 Å². The van der Waals surface area contributed by atoms with Crippen LogP contribution in [0.1, 0.15) is 18.4 Å². The summed E-state index contributed by atoms with van der Waals surface area (Å²) in [6.07, 6.45) is 2.41. The standard InChI is InChI=1S/C16H15FN4/c17-12-5-8-15(11(9-12)10-18-13-6-7-13)21-16-4-2-1-3-14(16)19-20-21/h1-5,8-9,13,18H,6-7,10H2. The second-order valence-corrected chi connectivity index (χ2v) is 5.42. The maximum atomic E-state index is 13.6. The van der Waals surface area contributed by atoms with E-state index in [0.717, 1.165) is 22.3 Å². The van der Waals surface area contributed by atoms with Crippen LogP contribution in [0.4, 0.5) is 4.39 Å². The first kappa shape index (κ1) is 12.5. The van der Waals surface area contributed by atoms with Gasteiger partial charge in [0.2, 0.25) is 0 Å². The largest absolute Gasteiger partial charge is 0.310 e. The third kappa shape index (κ3) is 2.40. The van der Waals surface area contributed by atoms with Crippen molar-refractivity contribution in [2.75, 3.05) is 0 Å². The van der Waals surface area contributed by atoms with Gasteiger partial charge < -0.3 is 5.32 Å². The number of para-hydroxylation sites is 1. The number of nitrogens with one attached hydrogen (secondary N) is 1. The molecule has 0 radical (unpaired) electrons. The fourth-order valence-electron chi connectivity index (χ4n) is 2.49. The van der Waals surface area contributed by atoms with Gasteiger partial charge in [0.05, 0.1) is 11.2 Å². The van der Waals surface area contributed by atoms with Crippen molar-refractivity contribution >= 4 is 11.0 Å². The van der Waals surface area contributed by atoms with Gasteiger partial charge in [0.15, 0.2) is 0 Å². The molecule has 21 heavy (non-hydrogen) atoms. The van der Waals surface area contributed by atoms with Crippen LogP contribution in [0.15, 0.2) is 42.5 Å². The molecule has 0 amide bonds. The Bertz CT molecular complexity index is 792. The summed E-state index contributed by atoms with van der Waals surface area (Å²) in [7, 11) is 0. The van der Waals surface area contributed by atoms with Crippen molar-refractivity contribution in [1.29, 1.82) is 0 Å². The molecular weight excluding hydrogens is 267 g/mol. The first-order valence-corrected chi connectivity index (χ1v) is 7.14. The Morgan fingerprint density at radius 1 is 1.19 bits per heavy atom. The Labute approximate surface area is 121 Å². The van der Waals surface area contributed by atoms with E-state index < -0.39 is 0 Å². The minimum Gasteiger partial charge on any atom is -0.310 e. The predicted molar refractivity (Wildman–Crippen MR) is 78.7 cm³/mol. The number of halogens is 1. The van der Waals surface area contributed by atoms with Crippen LogP contribution in [0.5, 0.6) is 0 Å². The van der Waals surface area contributed by atoms with E-state index >= 15 is 0 Å². The van der Waals surface area contributed by atoms with E-state index in [1.54, 1.807) is 16.8 Å². The Balaban J connectivity index is 1.79. The van der Waals surface area contributed by atoms with Crippen LogP contribution in [0.2, 0.25) is 0 Å². The van der Waals surface area contributed by atoms with E-state index in [1.165, 1.54) is 18.9 Å². The zero-order chi connectivity index (χ0) is 14.2. The molecule has 3 aromatic rings. The first-order valence-electron chi connectivity index (χ1n) is 7.14. The van der Waals surface area contributed by atoms with Crippen molar-refractivity contribution in [3.05, 3.63) is 53.8 Å². The maximum Gasteiger partial charge on any atom is 0.123 e. The quantitative estimate of drug-likeness (QED) is 0.800. The average molecular weight is 282 g/mol. The summed E-state index contributed by atoms with van der Waals surface area (Å²) in [6, 6.07) is 13.2. The molecule has 4 rings (SSSR count). The molecule has 0 spiro atoms. The van der Waals surface area contributed by atoms with Gasteiger partial charge >= 0.3 is 0 Å². The van der Waals surface area contributed by atoms with Crippen molar-refractivity contribution in [2.24, 2.45) is 0 Å². The number of fused-ring (bicyclic) bond motifs is 1. The Kier molecular flexibility index (Phi) is 2.93. The van der Waals surface area contributed by atoms with Crippen LogP contribution >= 0.6 is 0 Å². The molecule has 0 aliphatic heterocycles. The average Bonchev–Trinajstić information content (AvgIpc) is 3.24. The summed E-state index contributed by atoms with van der Waals surface area (Å²) in [6.45, 7) is 0.645. The lowest BCUT2D eigenvalue weighted by molar-refractivity contribution is 0.617. The Morgan fingerprint density at radius 2 is 2.05 bits per heavy atom. The van der Waals surface area contributed by atoms with Crippen molar-refractivity contribution in [3.63, 3.8) is 0 Å². The fraction of sp³-hybridized carbons (Fsp3) is 0.250. The van der Waals surface area contributed by atoms with Crippen molar-refractivity contribution in [1.82, 2.24) is 20.3 Å². The summed E-state index contributed by atoms with van der Waals surface area (Å²) >= 11 is 0. The number of benzene rings is 2. The van der Waals surface area contributed by atoms with Gasteiger partial charge in [-0.1, -0.05) is 17.3 Å². The third-order valence-corrected chi connectivity index (χ3v) is 3.78. The summed E-state index contributed by atoms with van der Waals surface area (Å²) in [5, 5.41) is 11.8. The molecular formula is C16H15FN4. The van der Waals surface area contributed by atoms with E-state index in [9.17, 15) is 4.39 Å². The zero-order valence-corrected chi connectivity index (χ0v) is 11.5. The van der Waals surface area contributed by atoms with Crippen molar-refractivity contribution < 1.29 is 4.39 Å². The second kappa shape index (κ2) is 4.93. The third-order valence-electron chi connectivity index (χ3n) is 3.78. The first-order chi connectivity index (χ1) is 10.3. The lowest BCUT2D eigenvalue weighted by Gasteiger charge is -2.11. The number of nitrogens with zero attached hydrogens (tertiary/aromatic N) is 3. The fourth-order valence-corrected chi connectivity index (χ4v) is 2.49. The smallest absolute Gasteiger partial charge is 0.123 e. The van der Waals surface area contributed by atoms with Gasteiger partial charge in [0.1, 0.15) is 11.3 Å². The molecule has 0 atom stereocenters. The molecule has 1 heterocycles. The predicted octanol–water partition coefficient (Wildman–Crippen LogP) is 2.81. The van der Waals surface area contributed by atoms with Crippen LogP contribution in [-0.2, 0) is 6.54 Å². The highest BCUT2D eigenvalue weighted by atomic mass is 19.1. The molecule has 2 aromatic carbocycles. The molecule has 1 aromatic heterocycles. The molecule has 1 N–H and O–H groups in total. The maximum absolute atomic E-state index is 13.6. The molecule has 5 heteroatoms. The normalized spacial score (nSPS) is 14.7. The SMILES string of the molecule is Fc1ccc(-n2nnc3ccccc32)c(CNC2CC2)c1. The summed E-state index contributed by atoms with van der Waals surface area (Å²) in [4.78, 5) is 0. The van der Waals surface area contributed by atoms with Crippen LogP contribution in [0.3, 0.4) is 0 Å². The molecule has 1 saturated carbocycles. The lowest BCUT2D eigenvalue weighted by atomic mass is 10.1. The molecule has 106 valence electrons. The lowest BCUT2D eigenvalue weighted by Crippen LogP contribution is -2.17. The highest BCUT2D eigenvalue weighted by molar-refractivity contribution is 5.76. The van der Waals surface area contributed by atoms with Crippen LogP contribution in [0.25, 0.3) is 16.7 Å². The molecule has 4 nitrogen and oxygen atoms in total. The monoisotopic (exact) mass is 282 g/mol. The molecule has 0 bridgehead atoms. The minimum atomic E-state index is -0.226. The van der Waals surface area contributed by atoms with Crippen LogP contribution < -0.4 is 5.32 Å². The molecule has 1 aliphatic rings. The van der Waals surface area contributed by atoms with Gasteiger partial charge in [-0.05, 0) is 48.7 Å². The van der Waals surface area contributed by atoms with E-state index in [0.29, 0.717) is 12.6 Å². The van der Waals surface area contributed by atoms with Gasteiger partial charge in [0.25, 0.3) is 0 Å². The highest BCUT2D eigenvalue weighted by Crippen LogP contribution is 2.23. The summed E-state index contributed by atoms with van der Waals surface area (Å²) in [5.74, 6) is -0.226. The topological polar surface area (TPSA) is 42.7 Å². The summed E-state index contributed by atoms with van der Waals surface area (Å²) < 4.78 is 15.3. The van der Waals surface area contributed by atoms with Gasteiger partial charge in [-0.2, -0.15) is 0 Å². The van der Waals surface area contributed by atoms with Gasteiger partial charge in [-0.15, -0.1) is 5.10 Å². The number of hydrogen-bond donors (Lipinski definition) is 1. The molecule has 1 aliphatic carbocycles. The molecule has 0 unspecified atom stereocenters. The number of hydrogen-bond acceptors (Lipinski definition) is 3. The zero-order valence-electron chi connectivity index (χ0n) is 11.5. The van der Waals surface area contributed by atoms with Crippen LogP contribution in [0, 0.1) is 5.82 Å². The molecule has 0 saturated heterocycles. The number of rotatable bonds is 4. The second-order valence-electron chi connectivity index (χ2n) is 5.42. The molecule has 1 fully saturated rings. The van der Waals surface area contributed by atoms with Crippen molar-refractivity contribution in [3.8, 4) is 5.69 Å². The Morgan fingerprint density at radius 3 is 2.90 bits per heavy atom. The summed E-state index contributed by atoms with van der Waals surface area (Å²) in [5.41, 5.74) is 3.54. The van der Waals surface area contributed by atoms with Crippen molar-refractivity contribution in [2.45, 2.75) is 25.4 Å². The number of aromatic nitrogens is 3. The van der Waals surface area contributed by atoms with Gasteiger partial charge in [-0.25, -0.2) is 9.07 Å². The van der Waals surface area contributed by atoms with E-state index in [1.807, 2.05) is 24.3 Å². The Hall–Kier alpha value is -2.27. The van der Waals surface area contributed by atoms with E-state index in [-0.39, 0.29) is 5.82 Å². The van der Waals surface area contributed by atoms with Gasteiger partial charge in [0, 0.05) is 12.6 Å². The van der Waals surface area contributed by atoms with Crippen LogP contribution in [-0.4, -0.2) is 21.0 Å². The van der Waals surface area contributed by atoms with E-state index in [4.69, 9.17) is 0 Å². The highest BCUT2D eigenvalue weighted by Gasteiger charge is 2.21. The minimum absolute atomic E-state index is 0.226.